The predicted molar refractivity (Wildman–Crippen MR) is 67.4 cm³/mol. The lowest BCUT2D eigenvalue weighted by molar-refractivity contribution is -0.166. The number of esters is 2. The Morgan fingerprint density at radius 2 is 1.94 bits per heavy atom. The summed E-state index contributed by atoms with van der Waals surface area (Å²) in [4.78, 5) is 22.7. The average molecular weight is 271 g/mol. The fourth-order valence-electron chi connectivity index (χ4n) is 1.43. The number of halogens is 1. The molecular weight excluding hydrogens is 256 g/mol. The molecule has 0 fully saturated rings. The number of ether oxygens (including phenoxy) is 2. The summed E-state index contributed by atoms with van der Waals surface area (Å²) in [6.45, 7) is 1.36. The van der Waals surface area contributed by atoms with Crippen LogP contribution in [-0.2, 0) is 25.5 Å². The van der Waals surface area contributed by atoms with Gasteiger partial charge < -0.3 is 9.47 Å². The minimum Gasteiger partial charge on any atom is -0.462 e. The second-order valence-electron chi connectivity index (χ2n) is 3.64. The molecule has 18 heavy (non-hydrogen) atoms. The fourth-order valence-corrected chi connectivity index (χ4v) is 1.51. The highest BCUT2D eigenvalue weighted by molar-refractivity contribution is 6.18. The van der Waals surface area contributed by atoms with Gasteiger partial charge in [-0.25, -0.2) is 4.79 Å². The lowest BCUT2D eigenvalue weighted by Crippen LogP contribution is -2.31. The number of alkyl halides is 1. The molecule has 98 valence electrons. The van der Waals surface area contributed by atoms with Crippen molar-refractivity contribution in [1.82, 2.24) is 0 Å². The van der Waals surface area contributed by atoms with E-state index in [0.717, 1.165) is 5.56 Å². The van der Waals surface area contributed by atoms with Crippen molar-refractivity contribution in [3.8, 4) is 0 Å². The SMILES string of the molecule is CC(=O)OC(Cc1ccccc1)C(=O)OCCCl. The van der Waals surface area contributed by atoms with E-state index in [1.165, 1.54) is 6.92 Å². The van der Waals surface area contributed by atoms with Crippen molar-refractivity contribution in [2.24, 2.45) is 0 Å². The number of rotatable bonds is 6. The molecule has 0 aliphatic rings. The first-order valence-corrected chi connectivity index (χ1v) is 6.10. The lowest BCUT2D eigenvalue weighted by atomic mass is 10.1. The van der Waals surface area contributed by atoms with Crippen LogP contribution in [-0.4, -0.2) is 30.5 Å². The number of carbonyl (C=O) groups is 2. The van der Waals surface area contributed by atoms with Crippen molar-refractivity contribution in [3.05, 3.63) is 35.9 Å². The largest absolute Gasteiger partial charge is 0.462 e. The molecule has 0 aliphatic heterocycles. The first-order valence-electron chi connectivity index (χ1n) is 5.57. The molecule has 1 rings (SSSR count). The van der Waals surface area contributed by atoms with Gasteiger partial charge in [0.05, 0.1) is 5.88 Å². The summed E-state index contributed by atoms with van der Waals surface area (Å²) in [6.07, 6.45) is -0.630. The second kappa shape index (κ2) is 7.71. The monoisotopic (exact) mass is 270 g/mol. The van der Waals surface area contributed by atoms with Crippen LogP contribution in [0.5, 0.6) is 0 Å². The first-order chi connectivity index (χ1) is 8.63. The predicted octanol–water partition coefficient (Wildman–Crippen LogP) is 1.94. The highest BCUT2D eigenvalue weighted by Crippen LogP contribution is 2.08. The van der Waals surface area contributed by atoms with Gasteiger partial charge in [0.2, 0.25) is 6.10 Å². The number of hydrogen-bond acceptors (Lipinski definition) is 4. The van der Waals surface area contributed by atoms with Gasteiger partial charge in [0.15, 0.2) is 0 Å². The Morgan fingerprint density at radius 1 is 1.28 bits per heavy atom. The maximum absolute atomic E-state index is 11.7. The Hall–Kier alpha value is -1.55. The normalized spacial score (nSPS) is 11.7. The molecule has 1 aromatic rings. The van der Waals surface area contributed by atoms with Crippen LogP contribution in [0.4, 0.5) is 0 Å². The van der Waals surface area contributed by atoms with Crippen LogP contribution in [0.15, 0.2) is 30.3 Å². The molecule has 0 heterocycles. The molecule has 1 aromatic carbocycles. The van der Waals surface area contributed by atoms with E-state index in [9.17, 15) is 9.59 Å². The van der Waals surface area contributed by atoms with E-state index >= 15 is 0 Å². The van der Waals surface area contributed by atoms with Crippen molar-refractivity contribution in [1.29, 1.82) is 0 Å². The van der Waals surface area contributed by atoms with Gasteiger partial charge in [-0.05, 0) is 5.56 Å². The van der Waals surface area contributed by atoms with Crippen LogP contribution in [0.1, 0.15) is 12.5 Å². The molecule has 0 N–H and O–H groups in total. The van der Waals surface area contributed by atoms with Crippen LogP contribution < -0.4 is 0 Å². The molecule has 0 saturated heterocycles. The Balaban J connectivity index is 2.66. The molecule has 4 nitrogen and oxygen atoms in total. The smallest absolute Gasteiger partial charge is 0.347 e. The van der Waals surface area contributed by atoms with Gasteiger partial charge in [-0.3, -0.25) is 4.79 Å². The summed E-state index contributed by atoms with van der Waals surface area (Å²) in [6, 6.07) is 9.28. The van der Waals surface area contributed by atoms with Crippen LogP contribution in [0.25, 0.3) is 0 Å². The van der Waals surface area contributed by atoms with Gasteiger partial charge in [0, 0.05) is 13.3 Å². The topological polar surface area (TPSA) is 52.6 Å². The second-order valence-corrected chi connectivity index (χ2v) is 4.02. The third kappa shape index (κ3) is 5.19. The standard InChI is InChI=1S/C13H15ClO4/c1-10(15)18-12(13(16)17-8-7-14)9-11-5-3-2-4-6-11/h2-6,12H,7-9H2,1H3. The third-order valence-electron chi connectivity index (χ3n) is 2.16. The summed E-state index contributed by atoms with van der Waals surface area (Å²) in [5, 5.41) is 0. The molecule has 0 bridgehead atoms. The molecule has 1 atom stereocenters. The van der Waals surface area contributed by atoms with Crippen LogP contribution in [0.3, 0.4) is 0 Å². The van der Waals surface area contributed by atoms with Crippen LogP contribution in [0, 0.1) is 0 Å². The number of carbonyl (C=O) groups excluding carboxylic acids is 2. The molecule has 5 heteroatoms. The van der Waals surface area contributed by atoms with E-state index in [-0.39, 0.29) is 12.5 Å². The van der Waals surface area contributed by atoms with Gasteiger partial charge in [-0.15, -0.1) is 11.6 Å². The van der Waals surface area contributed by atoms with Crippen molar-refractivity contribution < 1.29 is 19.1 Å². The molecular formula is C13H15ClO4. The van der Waals surface area contributed by atoms with E-state index < -0.39 is 18.0 Å². The van der Waals surface area contributed by atoms with Crippen LogP contribution >= 0.6 is 11.6 Å². The Labute approximate surface area is 111 Å². The molecule has 0 amide bonds. The minimum absolute atomic E-state index is 0.104. The minimum atomic E-state index is -0.923. The molecule has 0 aromatic heterocycles. The summed E-state index contributed by atoms with van der Waals surface area (Å²) >= 11 is 5.43. The van der Waals surface area contributed by atoms with Crippen molar-refractivity contribution in [3.63, 3.8) is 0 Å². The Morgan fingerprint density at radius 3 is 2.50 bits per heavy atom. The third-order valence-corrected chi connectivity index (χ3v) is 2.31. The number of hydrogen-bond donors (Lipinski definition) is 0. The zero-order valence-corrected chi connectivity index (χ0v) is 10.9. The van der Waals surface area contributed by atoms with Gasteiger partial charge in [-0.1, -0.05) is 30.3 Å². The summed E-state index contributed by atoms with van der Waals surface area (Å²) in [5.74, 6) is -0.877. The van der Waals surface area contributed by atoms with E-state index in [1.54, 1.807) is 0 Å². The average Bonchev–Trinajstić information content (AvgIpc) is 2.36. The molecule has 0 radical (unpaired) electrons. The Kier molecular flexibility index (Phi) is 6.22. The zero-order valence-electron chi connectivity index (χ0n) is 10.1. The summed E-state index contributed by atoms with van der Waals surface area (Å²) in [5.41, 5.74) is 0.895. The van der Waals surface area contributed by atoms with Gasteiger partial charge in [0.1, 0.15) is 6.61 Å². The first kappa shape index (κ1) is 14.5. The molecule has 0 saturated carbocycles. The maximum Gasteiger partial charge on any atom is 0.347 e. The van der Waals surface area contributed by atoms with E-state index in [0.29, 0.717) is 6.42 Å². The van der Waals surface area contributed by atoms with Gasteiger partial charge >= 0.3 is 11.9 Å². The molecule has 0 aliphatic carbocycles. The van der Waals surface area contributed by atoms with Crippen LogP contribution in [0.2, 0.25) is 0 Å². The van der Waals surface area contributed by atoms with Gasteiger partial charge in [-0.2, -0.15) is 0 Å². The fraction of sp³-hybridized carbons (Fsp3) is 0.385. The van der Waals surface area contributed by atoms with Gasteiger partial charge in [0.25, 0.3) is 0 Å². The Bertz CT molecular complexity index is 391. The van der Waals surface area contributed by atoms with Crippen molar-refractivity contribution >= 4 is 23.5 Å². The zero-order chi connectivity index (χ0) is 13.4. The molecule has 0 spiro atoms. The highest BCUT2D eigenvalue weighted by atomic mass is 35.5. The van der Waals surface area contributed by atoms with E-state index in [1.807, 2.05) is 30.3 Å². The maximum atomic E-state index is 11.7. The van der Waals surface area contributed by atoms with Crippen molar-refractivity contribution in [2.75, 3.05) is 12.5 Å². The summed E-state index contributed by atoms with van der Waals surface area (Å²) in [7, 11) is 0. The molecule has 1 unspecified atom stereocenters. The number of benzene rings is 1. The lowest BCUT2D eigenvalue weighted by Gasteiger charge is -2.15. The van der Waals surface area contributed by atoms with Crippen molar-refractivity contribution in [2.45, 2.75) is 19.4 Å². The summed E-state index contributed by atoms with van der Waals surface area (Å²) < 4.78 is 9.83. The van der Waals surface area contributed by atoms with E-state index in [2.05, 4.69) is 0 Å². The highest BCUT2D eigenvalue weighted by Gasteiger charge is 2.23. The van der Waals surface area contributed by atoms with E-state index in [4.69, 9.17) is 21.1 Å². The quantitative estimate of drug-likeness (QED) is 0.586.